The Labute approximate surface area is 137 Å². The zero-order valence-electron chi connectivity index (χ0n) is 13.4. The summed E-state index contributed by atoms with van der Waals surface area (Å²) in [6, 6.07) is 8.57. The SMILES string of the molecule is COc1ccc(OCC(O)Cn2c(C)cc(=O)n3ncnc23)cc1. The third kappa shape index (κ3) is 3.23. The van der Waals surface area contributed by atoms with Crippen LogP contribution in [0.3, 0.4) is 0 Å². The number of fused-ring (bicyclic) bond motifs is 1. The second kappa shape index (κ2) is 6.71. The van der Waals surface area contributed by atoms with Crippen molar-refractivity contribution < 1.29 is 14.6 Å². The molecule has 0 fully saturated rings. The van der Waals surface area contributed by atoms with Gasteiger partial charge in [0.1, 0.15) is 30.5 Å². The molecule has 0 radical (unpaired) electrons. The first-order chi connectivity index (χ1) is 11.6. The number of hydrogen-bond acceptors (Lipinski definition) is 6. The highest BCUT2D eigenvalue weighted by Gasteiger charge is 2.13. The molecule has 0 saturated carbocycles. The van der Waals surface area contributed by atoms with Crippen LogP contribution in [0.2, 0.25) is 0 Å². The molecular formula is C16H18N4O4. The standard InChI is InChI=1S/C16H18N4O4/c1-11-7-15(22)20-16(17-10-18-20)19(11)8-12(21)9-24-14-5-3-13(23-2)4-6-14/h3-7,10,12,21H,8-9H2,1-2H3. The Hall–Kier alpha value is -2.87. The number of ether oxygens (including phenoxy) is 2. The third-order valence-corrected chi connectivity index (χ3v) is 3.63. The Kier molecular flexibility index (Phi) is 4.48. The van der Waals surface area contributed by atoms with E-state index in [4.69, 9.17) is 9.47 Å². The van der Waals surface area contributed by atoms with E-state index in [1.807, 2.05) is 0 Å². The summed E-state index contributed by atoms with van der Waals surface area (Å²) in [4.78, 5) is 15.9. The average Bonchev–Trinajstić information content (AvgIpc) is 3.07. The van der Waals surface area contributed by atoms with Gasteiger partial charge in [0.2, 0.25) is 5.78 Å². The van der Waals surface area contributed by atoms with E-state index in [1.54, 1.807) is 42.9 Å². The molecule has 0 spiro atoms. The summed E-state index contributed by atoms with van der Waals surface area (Å²) in [6.07, 6.45) is 0.543. The zero-order valence-corrected chi connectivity index (χ0v) is 13.4. The fourth-order valence-corrected chi connectivity index (χ4v) is 2.40. The molecule has 1 N–H and O–H groups in total. The summed E-state index contributed by atoms with van der Waals surface area (Å²) < 4.78 is 13.6. The summed E-state index contributed by atoms with van der Waals surface area (Å²) in [7, 11) is 1.59. The molecule has 0 aliphatic rings. The minimum Gasteiger partial charge on any atom is -0.497 e. The lowest BCUT2D eigenvalue weighted by Gasteiger charge is -2.16. The van der Waals surface area contributed by atoms with E-state index in [1.165, 1.54) is 16.9 Å². The lowest BCUT2D eigenvalue weighted by atomic mass is 10.3. The Morgan fingerprint density at radius 1 is 1.25 bits per heavy atom. The van der Waals surface area contributed by atoms with Gasteiger partial charge < -0.3 is 19.1 Å². The van der Waals surface area contributed by atoms with Crippen LogP contribution in [0.15, 0.2) is 41.5 Å². The van der Waals surface area contributed by atoms with Gasteiger partial charge in [0.25, 0.3) is 5.56 Å². The average molecular weight is 330 g/mol. The lowest BCUT2D eigenvalue weighted by molar-refractivity contribution is 0.0924. The summed E-state index contributed by atoms with van der Waals surface area (Å²) in [6.45, 7) is 2.13. The fourth-order valence-electron chi connectivity index (χ4n) is 2.40. The van der Waals surface area contributed by atoms with Gasteiger partial charge >= 0.3 is 0 Å². The van der Waals surface area contributed by atoms with Gasteiger partial charge in [-0.2, -0.15) is 14.6 Å². The molecule has 1 atom stereocenters. The molecule has 1 unspecified atom stereocenters. The summed E-state index contributed by atoms with van der Waals surface area (Å²) in [5.41, 5.74) is 0.448. The van der Waals surface area contributed by atoms with Gasteiger partial charge in [-0.05, 0) is 31.2 Å². The molecule has 0 aliphatic carbocycles. The Morgan fingerprint density at radius 2 is 1.96 bits per heavy atom. The Morgan fingerprint density at radius 3 is 2.67 bits per heavy atom. The van der Waals surface area contributed by atoms with Crippen LogP contribution in [-0.4, -0.2) is 44.1 Å². The molecule has 0 aliphatic heterocycles. The van der Waals surface area contributed by atoms with Gasteiger partial charge in [-0.15, -0.1) is 0 Å². The van der Waals surface area contributed by atoms with Gasteiger partial charge in [0.15, 0.2) is 0 Å². The quantitative estimate of drug-likeness (QED) is 0.713. The molecule has 0 amide bonds. The van der Waals surface area contributed by atoms with Gasteiger partial charge in [-0.25, -0.2) is 0 Å². The molecule has 24 heavy (non-hydrogen) atoms. The normalized spacial score (nSPS) is 12.3. The minimum absolute atomic E-state index is 0.109. The van der Waals surface area contributed by atoms with Crippen molar-refractivity contribution in [3.63, 3.8) is 0 Å². The van der Waals surface area contributed by atoms with Crippen LogP contribution in [-0.2, 0) is 6.54 Å². The van der Waals surface area contributed by atoms with Crippen LogP contribution in [0.4, 0.5) is 0 Å². The summed E-state index contributed by atoms with van der Waals surface area (Å²) in [5.74, 6) is 1.77. The van der Waals surface area contributed by atoms with Crippen LogP contribution in [0.1, 0.15) is 5.69 Å². The van der Waals surface area contributed by atoms with E-state index in [0.717, 1.165) is 5.75 Å². The van der Waals surface area contributed by atoms with Crippen molar-refractivity contribution in [1.29, 1.82) is 0 Å². The molecule has 2 heterocycles. The number of nitrogens with zero attached hydrogens (tertiary/aromatic N) is 4. The Balaban J connectivity index is 1.69. The van der Waals surface area contributed by atoms with Crippen molar-refractivity contribution in [2.45, 2.75) is 19.6 Å². The van der Waals surface area contributed by atoms with Gasteiger partial charge in [-0.1, -0.05) is 0 Å². The summed E-state index contributed by atoms with van der Waals surface area (Å²) in [5, 5.41) is 14.1. The number of aryl methyl sites for hydroxylation is 1. The number of benzene rings is 1. The number of hydrogen-bond donors (Lipinski definition) is 1. The lowest BCUT2D eigenvalue weighted by Crippen LogP contribution is -2.28. The highest BCUT2D eigenvalue weighted by Crippen LogP contribution is 2.17. The molecule has 0 saturated heterocycles. The van der Waals surface area contributed by atoms with E-state index in [-0.39, 0.29) is 18.7 Å². The van der Waals surface area contributed by atoms with Crippen molar-refractivity contribution in [2.24, 2.45) is 0 Å². The molecule has 3 rings (SSSR count). The predicted octanol–water partition coefficient (Wildman–Crippen LogP) is 0.648. The van der Waals surface area contributed by atoms with Crippen LogP contribution in [0, 0.1) is 6.92 Å². The molecular weight excluding hydrogens is 312 g/mol. The number of methoxy groups -OCH3 is 1. The monoisotopic (exact) mass is 330 g/mol. The maximum absolute atomic E-state index is 11.8. The number of aliphatic hydroxyl groups excluding tert-OH is 1. The molecule has 2 aromatic heterocycles. The predicted molar refractivity (Wildman–Crippen MR) is 86.5 cm³/mol. The molecule has 8 heteroatoms. The topological polar surface area (TPSA) is 90.9 Å². The first-order valence-electron chi connectivity index (χ1n) is 7.43. The smallest absolute Gasteiger partial charge is 0.275 e. The van der Waals surface area contributed by atoms with Crippen LogP contribution < -0.4 is 15.0 Å². The van der Waals surface area contributed by atoms with Gasteiger partial charge in [0.05, 0.1) is 13.7 Å². The molecule has 8 nitrogen and oxygen atoms in total. The second-order valence-electron chi connectivity index (χ2n) is 5.35. The van der Waals surface area contributed by atoms with Gasteiger partial charge in [-0.3, -0.25) is 4.79 Å². The highest BCUT2D eigenvalue weighted by molar-refractivity contribution is 5.31. The minimum atomic E-state index is -0.770. The highest BCUT2D eigenvalue weighted by atomic mass is 16.5. The van der Waals surface area contributed by atoms with Crippen LogP contribution in [0.25, 0.3) is 5.78 Å². The maximum Gasteiger partial charge on any atom is 0.275 e. The zero-order chi connectivity index (χ0) is 17.1. The van der Waals surface area contributed by atoms with E-state index < -0.39 is 6.10 Å². The maximum atomic E-state index is 11.8. The molecule has 3 aromatic rings. The van der Waals surface area contributed by atoms with E-state index in [9.17, 15) is 9.90 Å². The van der Waals surface area contributed by atoms with E-state index in [2.05, 4.69) is 10.1 Å². The van der Waals surface area contributed by atoms with Crippen LogP contribution in [0.5, 0.6) is 11.5 Å². The second-order valence-corrected chi connectivity index (χ2v) is 5.35. The molecule has 1 aromatic carbocycles. The number of aliphatic hydroxyl groups is 1. The van der Waals surface area contributed by atoms with Crippen molar-refractivity contribution in [1.82, 2.24) is 19.2 Å². The van der Waals surface area contributed by atoms with Crippen molar-refractivity contribution in [3.05, 3.63) is 52.7 Å². The van der Waals surface area contributed by atoms with Crippen LogP contribution >= 0.6 is 0 Å². The van der Waals surface area contributed by atoms with Crippen molar-refractivity contribution in [3.8, 4) is 11.5 Å². The van der Waals surface area contributed by atoms with Crippen molar-refractivity contribution >= 4 is 5.78 Å². The third-order valence-electron chi connectivity index (χ3n) is 3.63. The molecule has 126 valence electrons. The van der Waals surface area contributed by atoms with Gasteiger partial charge in [0, 0.05) is 11.8 Å². The first-order valence-corrected chi connectivity index (χ1v) is 7.43. The Bertz CT molecular complexity index is 885. The number of aromatic nitrogens is 4. The summed E-state index contributed by atoms with van der Waals surface area (Å²) >= 11 is 0. The largest absolute Gasteiger partial charge is 0.497 e. The first kappa shape index (κ1) is 16.0. The van der Waals surface area contributed by atoms with E-state index >= 15 is 0 Å². The fraction of sp³-hybridized carbons (Fsp3) is 0.312. The van der Waals surface area contributed by atoms with Crippen molar-refractivity contribution in [2.75, 3.05) is 13.7 Å². The van der Waals surface area contributed by atoms with E-state index in [0.29, 0.717) is 17.2 Å². The number of rotatable bonds is 6. The molecule has 0 bridgehead atoms.